The Balaban J connectivity index is 0.00000361. The lowest BCUT2D eigenvalue weighted by molar-refractivity contribution is -0.123. The summed E-state index contributed by atoms with van der Waals surface area (Å²) < 4.78 is 5.31. The third-order valence-electron chi connectivity index (χ3n) is 2.30. The molecule has 1 rings (SSSR count). The molecule has 0 aliphatic rings. The van der Waals surface area contributed by atoms with Gasteiger partial charge in [0.2, 0.25) is 0 Å². The summed E-state index contributed by atoms with van der Waals surface area (Å²) in [6.07, 6.45) is 1.07. The first-order valence-corrected chi connectivity index (χ1v) is 6.94. The van der Waals surface area contributed by atoms with E-state index in [1.54, 1.807) is 18.2 Å². The number of amides is 1. The van der Waals surface area contributed by atoms with E-state index in [2.05, 4.69) is 17.6 Å². The zero-order valence-electron chi connectivity index (χ0n) is 11.2. The molecule has 0 bridgehead atoms. The van der Waals surface area contributed by atoms with Crippen molar-refractivity contribution in [3.05, 3.63) is 28.2 Å². The second kappa shape index (κ2) is 11.0. The van der Waals surface area contributed by atoms with Gasteiger partial charge in [0.1, 0.15) is 5.75 Å². The van der Waals surface area contributed by atoms with Gasteiger partial charge in [0.15, 0.2) is 6.61 Å². The lowest BCUT2D eigenvalue weighted by Gasteiger charge is -2.09. The summed E-state index contributed by atoms with van der Waals surface area (Å²) in [6.45, 7) is 4.29. The van der Waals surface area contributed by atoms with E-state index in [1.165, 1.54) is 0 Å². The molecule has 0 spiro atoms. The van der Waals surface area contributed by atoms with Crippen LogP contribution in [0.5, 0.6) is 5.75 Å². The molecule has 2 N–H and O–H groups in total. The fourth-order valence-corrected chi connectivity index (χ4v) is 1.71. The highest BCUT2D eigenvalue weighted by atomic mass is 35.5. The van der Waals surface area contributed by atoms with Crippen molar-refractivity contribution >= 4 is 41.5 Å². The molecule has 114 valence electrons. The van der Waals surface area contributed by atoms with Crippen LogP contribution in [-0.4, -0.2) is 32.1 Å². The Morgan fingerprint density at radius 2 is 2.00 bits per heavy atom. The van der Waals surface area contributed by atoms with Crippen LogP contribution in [-0.2, 0) is 4.79 Å². The Morgan fingerprint density at radius 1 is 1.25 bits per heavy atom. The highest BCUT2D eigenvalue weighted by Gasteiger charge is 2.06. The molecule has 0 atom stereocenters. The second-order valence-corrected chi connectivity index (χ2v) is 4.81. The van der Waals surface area contributed by atoms with Crippen molar-refractivity contribution in [2.45, 2.75) is 13.3 Å². The van der Waals surface area contributed by atoms with Gasteiger partial charge in [-0.25, -0.2) is 0 Å². The first-order valence-electron chi connectivity index (χ1n) is 6.18. The first-order chi connectivity index (χ1) is 9.13. The maximum Gasteiger partial charge on any atom is 0.257 e. The van der Waals surface area contributed by atoms with Crippen molar-refractivity contribution in [3.63, 3.8) is 0 Å². The van der Waals surface area contributed by atoms with Crippen molar-refractivity contribution in [3.8, 4) is 5.75 Å². The number of rotatable bonds is 8. The number of hydrogen-bond acceptors (Lipinski definition) is 3. The number of nitrogens with one attached hydrogen (secondary N) is 2. The fourth-order valence-electron chi connectivity index (χ4n) is 1.37. The fraction of sp³-hybridized carbons (Fsp3) is 0.462. The van der Waals surface area contributed by atoms with E-state index >= 15 is 0 Å². The molecule has 1 amide bonds. The maximum absolute atomic E-state index is 11.5. The zero-order chi connectivity index (χ0) is 14.1. The van der Waals surface area contributed by atoms with Crippen molar-refractivity contribution < 1.29 is 9.53 Å². The minimum Gasteiger partial charge on any atom is -0.482 e. The summed E-state index contributed by atoms with van der Waals surface area (Å²) in [7, 11) is 0. The summed E-state index contributed by atoms with van der Waals surface area (Å²) in [4.78, 5) is 11.5. The molecule has 1 aromatic rings. The number of ether oxygens (including phenoxy) is 1. The van der Waals surface area contributed by atoms with E-state index in [1.807, 2.05) is 0 Å². The third kappa shape index (κ3) is 7.80. The lowest BCUT2D eigenvalue weighted by Crippen LogP contribution is -2.35. The topological polar surface area (TPSA) is 50.4 Å². The highest BCUT2D eigenvalue weighted by molar-refractivity contribution is 6.34. The Hall–Kier alpha value is -0.680. The van der Waals surface area contributed by atoms with E-state index in [0.29, 0.717) is 22.3 Å². The summed E-state index contributed by atoms with van der Waals surface area (Å²) >= 11 is 11.7. The average molecular weight is 342 g/mol. The van der Waals surface area contributed by atoms with Crippen molar-refractivity contribution in [1.82, 2.24) is 10.6 Å². The predicted octanol–water partition coefficient (Wildman–Crippen LogP) is 2.91. The Kier molecular flexibility index (Phi) is 10.7. The number of hydrogen-bond donors (Lipinski definition) is 2. The molecule has 1 aromatic carbocycles. The monoisotopic (exact) mass is 340 g/mol. The molecule has 0 unspecified atom stereocenters. The second-order valence-electron chi connectivity index (χ2n) is 3.96. The molecule has 0 aliphatic heterocycles. The molecule has 0 aromatic heterocycles. The van der Waals surface area contributed by atoms with Gasteiger partial charge < -0.3 is 15.4 Å². The van der Waals surface area contributed by atoms with E-state index < -0.39 is 0 Å². The molecule has 20 heavy (non-hydrogen) atoms. The molecular formula is C13H19Cl3N2O2. The average Bonchev–Trinajstić information content (AvgIpc) is 2.39. The number of carbonyl (C=O) groups is 1. The zero-order valence-corrected chi connectivity index (χ0v) is 13.6. The van der Waals surface area contributed by atoms with Crippen LogP contribution in [0, 0.1) is 0 Å². The van der Waals surface area contributed by atoms with Crippen LogP contribution in [0.4, 0.5) is 0 Å². The molecule has 0 heterocycles. The normalized spacial score (nSPS) is 9.75. The summed E-state index contributed by atoms with van der Waals surface area (Å²) in [5.74, 6) is 0.225. The van der Waals surface area contributed by atoms with Gasteiger partial charge in [-0.1, -0.05) is 30.1 Å². The number of carbonyl (C=O) groups excluding carboxylic acids is 1. The third-order valence-corrected chi connectivity index (χ3v) is 2.85. The van der Waals surface area contributed by atoms with Gasteiger partial charge in [-0.2, -0.15) is 0 Å². The SMILES string of the molecule is CCCNCCNC(=O)COc1cc(Cl)ccc1Cl.Cl. The van der Waals surface area contributed by atoms with Crippen molar-refractivity contribution in [1.29, 1.82) is 0 Å². The molecule has 0 aliphatic carbocycles. The Bertz CT molecular complexity index is 417. The van der Waals surface area contributed by atoms with E-state index in [9.17, 15) is 4.79 Å². The van der Waals surface area contributed by atoms with Crippen LogP contribution in [0.15, 0.2) is 18.2 Å². The van der Waals surface area contributed by atoms with Crippen LogP contribution in [0.25, 0.3) is 0 Å². The molecule has 7 heteroatoms. The predicted molar refractivity (Wildman–Crippen MR) is 85.4 cm³/mol. The minimum absolute atomic E-state index is 0. The quantitative estimate of drug-likeness (QED) is 0.715. The van der Waals surface area contributed by atoms with Gasteiger partial charge in [0, 0.05) is 24.2 Å². The van der Waals surface area contributed by atoms with Crippen LogP contribution >= 0.6 is 35.6 Å². The van der Waals surface area contributed by atoms with E-state index in [4.69, 9.17) is 27.9 Å². The van der Waals surface area contributed by atoms with Crippen LogP contribution < -0.4 is 15.4 Å². The molecular weight excluding hydrogens is 323 g/mol. The standard InChI is InChI=1S/C13H18Cl2N2O2.ClH/c1-2-5-16-6-7-17-13(18)9-19-12-8-10(14)3-4-11(12)15;/h3-4,8,16H,2,5-7,9H2,1H3,(H,17,18);1H. The van der Waals surface area contributed by atoms with Gasteiger partial charge >= 0.3 is 0 Å². The number of halogens is 3. The Labute approximate surface area is 135 Å². The summed E-state index contributed by atoms with van der Waals surface area (Å²) in [5.41, 5.74) is 0. The van der Waals surface area contributed by atoms with Crippen LogP contribution in [0.3, 0.4) is 0 Å². The largest absolute Gasteiger partial charge is 0.482 e. The lowest BCUT2D eigenvalue weighted by atomic mass is 10.3. The van der Waals surface area contributed by atoms with Gasteiger partial charge in [-0.05, 0) is 25.1 Å². The van der Waals surface area contributed by atoms with Crippen LogP contribution in [0.2, 0.25) is 10.0 Å². The van der Waals surface area contributed by atoms with Gasteiger partial charge in [-0.3, -0.25) is 4.79 Å². The van der Waals surface area contributed by atoms with E-state index in [-0.39, 0.29) is 24.9 Å². The minimum atomic E-state index is -0.186. The maximum atomic E-state index is 11.5. The summed E-state index contributed by atoms with van der Waals surface area (Å²) in [6, 6.07) is 4.88. The van der Waals surface area contributed by atoms with Gasteiger partial charge in [0.05, 0.1) is 5.02 Å². The van der Waals surface area contributed by atoms with Crippen molar-refractivity contribution in [2.24, 2.45) is 0 Å². The van der Waals surface area contributed by atoms with Gasteiger partial charge in [-0.15, -0.1) is 12.4 Å². The Morgan fingerprint density at radius 3 is 2.70 bits per heavy atom. The summed E-state index contributed by atoms with van der Waals surface area (Å²) in [5, 5.41) is 6.88. The molecule has 4 nitrogen and oxygen atoms in total. The molecule has 0 radical (unpaired) electrons. The van der Waals surface area contributed by atoms with Crippen LogP contribution in [0.1, 0.15) is 13.3 Å². The highest BCUT2D eigenvalue weighted by Crippen LogP contribution is 2.27. The van der Waals surface area contributed by atoms with Crippen molar-refractivity contribution in [2.75, 3.05) is 26.2 Å². The first kappa shape index (κ1) is 19.3. The van der Waals surface area contributed by atoms with E-state index in [0.717, 1.165) is 19.5 Å². The molecule has 0 saturated carbocycles. The van der Waals surface area contributed by atoms with Gasteiger partial charge in [0.25, 0.3) is 5.91 Å². The number of benzene rings is 1. The smallest absolute Gasteiger partial charge is 0.257 e. The molecule has 0 saturated heterocycles. The molecule has 0 fully saturated rings.